The maximum absolute atomic E-state index is 12.4. The highest BCUT2D eigenvalue weighted by atomic mass is 16.7. The molecule has 1 saturated heterocycles. The minimum Gasteiger partial charge on any atom is -0.496 e. The highest BCUT2D eigenvalue weighted by molar-refractivity contribution is 6.01. The van der Waals surface area contributed by atoms with Gasteiger partial charge in [0, 0.05) is 18.9 Å². The number of hydrogen-bond acceptors (Lipinski definition) is 8. The van der Waals surface area contributed by atoms with Crippen LogP contribution in [0.4, 0.5) is 0 Å². The first kappa shape index (κ1) is 14.7. The first-order chi connectivity index (χ1) is 12.0. The van der Waals surface area contributed by atoms with Crippen molar-refractivity contribution in [1.29, 1.82) is 0 Å². The maximum atomic E-state index is 12.4. The predicted octanol–water partition coefficient (Wildman–Crippen LogP) is 0.841. The van der Waals surface area contributed by atoms with Crippen molar-refractivity contribution < 1.29 is 33.3 Å². The molecule has 1 N–H and O–H groups in total. The van der Waals surface area contributed by atoms with Crippen LogP contribution in [0.25, 0.3) is 11.0 Å². The van der Waals surface area contributed by atoms with Crippen molar-refractivity contribution in [1.82, 2.24) is 0 Å². The van der Waals surface area contributed by atoms with E-state index in [4.69, 9.17) is 23.4 Å². The second-order valence-electron chi connectivity index (χ2n) is 6.28. The lowest BCUT2D eigenvalue weighted by atomic mass is 9.89. The summed E-state index contributed by atoms with van der Waals surface area (Å²) < 4.78 is 27.0. The molecule has 2 atom stereocenters. The molecule has 0 spiro atoms. The van der Waals surface area contributed by atoms with E-state index in [1.807, 2.05) is 0 Å². The third-order valence-corrected chi connectivity index (χ3v) is 5.03. The molecule has 25 heavy (non-hydrogen) atoms. The van der Waals surface area contributed by atoms with Gasteiger partial charge >= 0.3 is 11.6 Å². The number of ether oxygens (including phenoxy) is 4. The van der Waals surface area contributed by atoms with Crippen molar-refractivity contribution in [3.8, 4) is 11.5 Å². The fourth-order valence-corrected chi connectivity index (χ4v) is 3.90. The maximum Gasteiger partial charge on any atom is 0.351 e. The van der Waals surface area contributed by atoms with E-state index in [9.17, 15) is 14.7 Å². The normalized spacial score (nSPS) is 26.6. The van der Waals surface area contributed by atoms with Crippen molar-refractivity contribution in [2.45, 2.75) is 24.7 Å². The Kier molecular flexibility index (Phi) is 2.79. The van der Waals surface area contributed by atoms with Crippen LogP contribution >= 0.6 is 0 Å². The van der Waals surface area contributed by atoms with Gasteiger partial charge in [-0.05, 0) is 5.56 Å². The van der Waals surface area contributed by atoms with Crippen molar-refractivity contribution in [2.75, 3.05) is 20.3 Å². The van der Waals surface area contributed by atoms with Crippen molar-refractivity contribution in [2.24, 2.45) is 0 Å². The van der Waals surface area contributed by atoms with E-state index < -0.39 is 23.5 Å². The monoisotopic (exact) mass is 346 g/mol. The Hall–Kier alpha value is -2.58. The SMILES string of the molecule is COc1cc2c(c3oc(=O)c4c(c13)CCOC4=O)[C@]1(O)CCO[C@@H]1O2. The smallest absolute Gasteiger partial charge is 0.351 e. The zero-order valence-corrected chi connectivity index (χ0v) is 13.3. The summed E-state index contributed by atoms with van der Waals surface area (Å²) in [6, 6.07) is 1.62. The lowest BCUT2D eigenvalue weighted by molar-refractivity contribution is -0.123. The van der Waals surface area contributed by atoms with Gasteiger partial charge in [-0.3, -0.25) is 0 Å². The van der Waals surface area contributed by atoms with E-state index in [2.05, 4.69) is 0 Å². The quantitative estimate of drug-likeness (QED) is 0.598. The van der Waals surface area contributed by atoms with Gasteiger partial charge in [0.25, 0.3) is 0 Å². The standard InChI is InChI=1S/C17H14O8/c1-21-8-6-9-12(17(20)3-5-23-16(17)24-9)13-10(8)7-2-4-22-14(18)11(7)15(19)25-13/h6,16,20H,2-5H2,1H3/t16-,17-/m1/s1. The van der Waals surface area contributed by atoms with E-state index in [0.29, 0.717) is 47.5 Å². The largest absolute Gasteiger partial charge is 0.496 e. The molecule has 8 heteroatoms. The van der Waals surface area contributed by atoms with Gasteiger partial charge in [0.15, 0.2) is 11.2 Å². The summed E-state index contributed by atoms with van der Waals surface area (Å²) in [5, 5.41) is 11.5. The van der Waals surface area contributed by atoms with Crippen molar-refractivity contribution in [3.63, 3.8) is 0 Å². The van der Waals surface area contributed by atoms with Crippen LogP contribution in [-0.4, -0.2) is 37.7 Å². The van der Waals surface area contributed by atoms with Crippen LogP contribution in [0.1, 0.15) is 27.9 Å². The molecule has 130 valence electrons. The molecule has 0 amide bonds. The zero-order valence-electron chi connectivity index (χ0n) is 13.3. The number of rotatable bonds is 1. The molecule has 1 fully saturated rings. The molecule has 1 aromatic carbocycles. The number of hydrogen-bond donors (Lipinski definition) is 1. The first-order valence-electron chi connectivity index (χ1n) is 7.93. The molecular formula is C17H14O8. The van der Waals surface area contributed by atoms with E-state index >= 15 is 0 Å². The fraction of sp³-hybridized carbons (Fsp3) is 0.412. The van der Waals surface area contributed by atoms with Crippen LogP contribution in [0.2, 0.25) is 0 Å². The molecule has 2 aromatic rings. The zero-order chi connectivity index (χ0) is 17.3. The highest BCUT2D eigenvalue weighted by Gasteiger charge is 2.55. The summed E-state index contributed by atoms with van der Waals surface area (Å²) in [6.45, 7) is 0.493. The molecular weight excluding hydrogens is 332 g/mol. The van der Waals surface area contributed by atoms with Crippen LogP contribution < -0.4 is 15.1 Å². The Morgan fingerprint density at radius 2 is 2.16 bits per heavy atom. The summed E-state index contributed by atoms with van der Waals surface area (Å²) in [7, 11) is 1.47. The molecule has 0 bridgehead atoms. The first-order valence-corrected chi connectivity index (χ1v) is 7.93. The number of methoxy groups -OCH3 is 1. The number of esters is 1. The molecule has 0 radical (unpaired) electrons. The molecule has 0 unspecified atom stereocenters. The van der Waals surface area contributed by atoms with Crippen LogP contribution in [0.15, 0.2) is 15.3 Å². The van der Waals surface area contributed by atoms with Gasteiger partial charge in [-0.25, -0.2) is 9.59 Å². The van der Waals surface area contributed by atoms with Crippen molar-refractivity contribution >= 4 is 16.9 Å². The average molecular weight is 346 g/mol. The van der Waals surface area contributed by atoms with Crippen LogP contribution in [0, 0.1) is 0 Å². The summed E-state index contributed by atoms with van der Waals surface area (Å²) in [5.74, 6) is 0.0292. The molecule has 3 aliphatic heterocycles. The van der Waals surface area contributed by atoms with Gasteiger partial charge < -0.3 is 28.5 Å². The second-order valence-corrected chi connectivity index (χ2v) is 6.28. The molecule has 0 saturated carbocycles. The lowest BCUT2D eigenvalue weighted by Crippen LogP contribution is -2.33. The van der Waals surface area contributed by atoms with E-state index in [1.165, 1.54) is 7.11 Å². The Labute approximate surface area is 140 Å². The highest BCUT2D eigenvalue weighted by Crippen LogP contribution is 2.52. The van der Waals surface area contributed by atoms with E-state index in [-0.39, 0.29) is 17.8 Å². The molecule has 3 aliphatic rings. The molecule has 5 rings (SSSR count). The number of carbonyl (C=O) groups is 1. The van der Waals surface area contributed by atoms with E-state index in [0.717, 1.165) is 0 Å². The summed E-state index contributed by atoms with van der Waals surface area (Å²) in [4.78, 5) is 24.4. The number of aliphatic hydroxyl groups is 1. The van der Waals surface area contributed by atoms with E-state index in [1.54, 1.807) is 6.07 Å². The number of carbonyl (C=O) groups excluding carboxylic acids is 1. The van der Waals surface area contributed by atoms with Gasteiger partial charge in [0.05, 0.1) is 31.3 Å². The minimum absolute atomic E-state index is 0.123. The van der Waals surface area contributed by atoms with Gasteiger partial charge in [-0.2, -0.15) is 0 Å². The number of fused-ring (bicyclic) bond motifs is 7. The molecule has 1 aromatic heterocycles. The van der Waals surface area contributed by atoms with Gasteiger partial charge in [0.2, 0.25) is 6.29 Å². The van der Waals surface area contributed by atoms with Gasteiger partial charge in [-0.15, -0.1) is 0 Å². The third kappa shape index (κ3) is 1.73. The average Bonchev–Trinajstić information content (AvgIpc) is 3.07. The summed E-state index contributed by atoms with van der Waals surface area (Å²) >= 11 is 0. The molecule has 4 heterocycles. The third-order valence-electron chi connectivity index (χ3n) is 5.03. The predicted molar refractivity (Wildman–Crippen MR) is 81.9 cm³/mol. The summed E-state index contributed by atoms with van der Waals surface area (Å²) in [5.41, 5.74) is -1.28. The van der Waals surface area contributed by atoms with Crippen molar-refractivity contribution in [3.05, 3.63) is 33.2 Å². The number of cyclic esters (lactones) is 1. The summed E-state index contributed by atoms with van der Waals surface area (Å²) in [6.07, 6.45) is -0.184. The second kappa shape index (κ2) is 4.74. The topological polar surface area (TPSA) is 104 Å². The number of benzene rings is 1. The Balaban J connectivity index is 1.94. The molecule has 0 aliphatic carbocycles. The van der Waals surface area contributed by atoms with Crippen LogP contribution in [-0.2, 0) is 21.5 Å². The van der Waals surface area contributed by atoms with Gasteiger partial charge in [0.1, 0.15) is 17.1 Å². The van der Waals surface area contributed by atoms with Crippen LogP contribution in [0.5, 0.6) is 11.5 Å². The van der Waals surface area contributed by atoms with Gasteiger partial charge in [-0.1, -0.05) is 0 Å². The lowest BCUT2D eigenvalue weighted by Gasteiger charge is -2.22. The Morgan fingerprint density at radius 1 is 1.32 bits per heavy atom. The van der Waals surface area contributed by atoms with Crippen LogP contribution in [0.3, 0.4) is 0 Å². The Morgan fingerprint density at radius 3 is 2.96 bits per heavy atom. The molecule has 8 nitrogen and oxygen atoms in total. The minimum atomic E-state index is -1.40. The fourth-order valence-electron chi connectivity index (χ4n) is 3.90. The Bertz CT molecular complexity index is 991.